The molecule has 2 aromatic heterocycles. The first-order valence-electron chi connectivity index (χ1n) is 6.90. The van der Waals surface area contributed by atoms with Gasteiger partial charge in [0.15, 0.2) is 5.82 Å². The minimum atomic E-state index is -0.157. The second-order valence-corrected chi connectivity index (χ2v) is 6.03. The molecule has 0 fully saturated rings. The van der Waals surface area contributed by atoms with Crippen LogP contribution in [0.5, 0.6) is 0 Å². The predicted molar refractivity (Wildman–Crippen MR) is 78.9 cm³/mol. The molecule has 21 heavy (non-hydrogen) atoms. The number of amides is 1. The van der Waals surface area contributed by atoms with Gasteiger partial charge in [0, 0.05) is 24.5 Å². The fraction of sp³-hybridized carbons (Fsp3) is 0.467. The molecule has 6 heteroatoms. The molecular formula is C15H20N4O2. The topological polar surface area (TPSA) is 80.9 Å². The molecule has 0 unspecified atom stereocenters. The van der Waals surface area contributed by atoms with Crippen LogP contribution in [0.3, 0.4) is 0 Å². The van der Waals surface area contributed by atoms with Crippen LogP contribution in [0.25, 0.3) is 0 Å². The highest BCUT2D eigenvalue weighted by Crippen LogP contribution is 2.18. The lowest BCUT2D eigenvalue weighted by atomic mass is 9.96. The summed E-state index contributed by atoms with van der Waals surface area (Å²) in [5.74, 6) is 1.56. The predicted octanol–water partition coefficient (Wildman–Crippen LogP) is 2.64. The van der Waals surface area contributed by atoms with E-state index in [0.29, 0.717) is 24.0 Å². The van der Waals surface area contributed by atoms with Crippen LogP contribution < -0.4 is 5.32 Å². The normalized spacial score (nSPS) is 11.4. The van der Waals surface area contributed by atoms with Crippen LogP contribution >= 0.6 is 0 Å². The summed E-state index contributed by atoms with van der Waals surface area (Å²) in [4.78, 5) is 20.2. The van der Waals surface area contributed by atoms with Gasteiger partial charge in [0.1, 0.15) is 5.82 Å². The van der Waals surface area contributed by atoms with Gasteiger partial charge in [0.05, 0.1) is 0 Å². The van der Waals surface area contributed by atoms with Gasteiger partial charge in [0.2, 0.25) is 11.8 Å². The SMILES string of the molecule is Cc1ccnc(NC(=O)CCc2nc(C(C)(C)C)no2)c1. The van der Waals surface area contributed by atoms with E-state index < -0.39 is 0 Å². The molecule has 0 aromatic carbocycles. The monoisotopic (exact) mass is 288 g/mol. The molecule has 6 nitrogen and oxygen atoms in total. The summed E-state index contributed by atoms with van der Waals surface area (Å²) >= 11 is 0. The minimum absolute atomic E-state index is 0.122. The Hall–Kier alpha value is -2.24. The second-order valence-electron chi connectivity index (χ2n) is 6.03. The number of nitrogens with zero attached hydrogens (tertiary/aromatic N) is 3. The third-order valence-corrected chi connectivity index (χ3v) is 2.89. The summed E-state index contributed by atoms with van der Waals surface area (Å²) < 4.78 is 5.15. The number of hydrogen-bond donors (Lipinski definition) is 1. The van der Waals surface area contributed by atoms with E-state index in [1.165, 1.54) is 0 Å². The third-order valence-electron chi connectivity index (χ3n) is 2.89. The zero-order chi connectivity index (χ0) is 15.5. The van der Waals surface area contributed by atoms with Crippen molar-refractivity contribution in [3.8, 4) is 0 Å². The maximum absolute atomic E-state index is 11.9. The lowest BCUT2D eigenvalue weighted by Crippen LogP contribution is -2.14. The molecule has 0 radical (unpaired) electrons. The van der Waals surface area contributed by atoms with E-state index in [2.05, 4.69) is 20.4 Å². The zero-order valence-electron chi connectivity index (χ0n) is 12.8. The van der Waals surface area contributed by atoms with Crippen molar-refractivity contribution in [3.05, 3.63) is 35.6 Å². The van der Waals surface area contributed by atoms with Gasteiger partial charge >= 0.3 is 0 Å². The van der Waals surface area contributed by atoms with E-state index in [0.717, 1.165) is 5.56 Å². The first-order chi connectivity index (χ1) is 9.84. The van der Waals surface area contributed by atoms with Crippen LogP contribution in [0.2, 0.25) is 0 Å². The number of anilines is 1. The molecule has 0 aliphatic rings. The second kappa shape index (κ2) is 6.03. The van der Waals surface area contributed by atoms with Crippen LogP contribution in [0.4, 0.5) is 5.82 Å². The summed E-state index contributed by atoms with van der Waals surface area (Å²) in [7, 11) is 0. The van der Waals surface area contributed by atoms with Crippen molar-refractivity contribution in [2.45, 2.75) is 46.0 Å². The Labute approximate surface area is 124 Å². The standard InChI is InChI=1S/C15H20N4O2/c1-10-7-8-16-11(9-10)17-12(20)5-6-13-18-14(19-21-13)15(2,3)4/h7-9H,5-6H2,1-4H3,(H,16,17,20). The van der Waals surface area contributed by atoms with Gasteiger partial charge < -0.3 is 9.84 Å². The summed E-state index contributed by atoms with van der Waals surface area (Å²) in [6, 6.07) is 3.70. The highest BCUT2D eigenvalue weighted by atomic mass is 16.5. The third kappa shape index (κ3) is 4.37. The van der Waals surface area contributed by atoms with Crippen molar-refractivity contribution in [3.63, 3.8) is 0 Å². The van der Waals surface area contributed by atoms with E-state index in [9.17, 15) is 4.79 Å². The molecule has 0 aliphatic heterocycles. The van der Waals surface area contributed by atoms with E-state index in [4.69, 9.17) is 4.52 Å². The van der Waals surface area contributed by atoms with E-state index in [1.54, 1.807) is 6.20 Å². The van der Waals surface area contributed by atoms with Crippen molar-refractivity contribution in [2.24, 2.45) is 0 Å². The highest BCUT2D eigenvalue weighted by Gasteiger charge is 2.21. The van der Waals surface area contributed by atoms with Gasteiger partial charge in [0.25, 0.3) is 0 Å². The van der Waals surface area contributed by atoms with Crippen LogP contribution in [-0.4, -0.2) is 21.0 Å². The lowest BCUT2D eigenvalue weighted by molar-refractivity contribution is -0.116. The first kappa shape index (κ1) is 15.2. The Morgan fingerprint density at radius 3 is 2.76 bits per heavy atom. The summed E-state index contributed by atoms with van der Waals surface area (Å²) in [5.41, 5.74) is 0.891. The minimum Gasteiger partial charge on any atom is -0.339 e. The molecule has 1 amide bonds. The molecular weight excluding hydrogens is 268 g/mol. The van der Waals surface area contributed by atoms with Gasteiger partial charge in [-0.25, -0.2) is 4.98 Å². The van der Waals surface area contributed by atoms with Gasteiger partial charge in [-0.2, -0.15) is 4.98 Å². The van der Waals surface area contributed by atoms with Crippen LogP contribution in [0.1, 0.15) is 44.5 Å². The Bertz CT molecular complexity index is 629. The number of carbonyl (C=O) groups excluding carboxylic acids is 1. The van der Waals surface area contributed by atoms with Gasteiger partial charge in [-0.05, 0) is 24.6 Å². The number of carbonyl (C=O) groups is 1. The Morgan fingerprint density at radius 2 is 2.14 bits per heavy atom. The molecule has 0 saturated carbocycles. The number of aromatic nitrogens is 3. The molecule has 0 saturated heterocycles. The number of rotatable bonds is 4. The van der Waals surface area contributed by atoms with Crippen molar-refractivity contribution >= 4 is 11.7 Å². The molecule has 0 spiro atoms. The average Bonchev–Trinajstić information content (AvgIpc) is 2.85. The molecule has 0 aliphatic carbocycles. The summed E-state index contributed by atoms with van der Waals surface area (Å²) in [6.45, 7) is 7.98. The molecule has 2 aromatic rings. The van der Waals surface area contributed by atoms with Crippen molar-refractivity contribution in [1.29, 1.82) is 0 Å². The van der Waals surface area contributed by atoms with Crippen LogP contribution in [0, 0.1) is 6.92 Å². The fourth-order valence-electron chi connectivity index (χ4n) is 1.69. The number of nitrogens with one attached hydrogen (secondary N) is 1. The Morgan fingerprint density at radius 1 is 1.38 bits per heavy atom. The number of aryl methyl sites for hydroxylation is 2. The molecule has 0 bridgehead atoms. The summed E-state index contributed by atoms with van der Waals surface area (Å²) in [5, 5.41) is 6.68. The van der Waals surface area contributed by atoms with Crippen LogP contribution in [-0.2, 0) is 16.6 Å². The largest absolute Gasteiger partial charge is 0.339 e. The summed E-state index contributed by atoms with van der Waals surface area (Å²) in [6.07, 6.45) is 2.36. The van der Waals surface area contributed by atoms with Gasteiger partial charge in [-0.15, -0.1) is 0 Å². The quantitative estimate of drug-likeness (QED) is 0.935. The molecule has 2 heterocycles. The maximum atomic E-state index is 11.9. The Kier molecular flexibility index (Phi) is 4.35. The Balaban J connectivity index is 1.88. The maximum Gasteiger partial charge on any atom is 0.227 e. The molecule has 2 rings (SSSR count). The molecule has 1 N–H and O–H groups in total. The van der Waals surface area contributed by atoms with Gasteiger partial charge in [-0.3, -0.25) is 4.79 Å². The zero-order valence-corrected chi connectivity index (χ0v) is 12.8. The molecule has 112 valence electrons. The van der Waals surface area contributed by atoms with E-state index in [1.807, 2.05) is 39.8 Å². The number of hydrogen-bond acceptors (Lipinski definition) is 5. The van der Waals surface area contributed by atoms with Gasteiger partial charge in [-0.1, -0.05) is 25.9 Å². The van der Waals surface area contributed by atoms with Crippen LogP contribution in [0.15, 0.2) is 22.9 Å². The van der Waals surface area contributed by atoms with Crippen molar-refractivity contribution < 1.29 is 9.32 Å². The number of pyridine rings is 1. The highest BCUT2D eigenvalue weighted by molar-refractivity contribution is 5.89. The smallest absolute Gasteiger partial charge is 0.227 e. The van der Waals surface area contributed by atoms with E-state index in [-0.39, 0.29) is 17.7 Å². The van der Waals surface area contributed by atoms with Crippen molar-refractivity contribution in [1.82, 2.24) is 15.1 Å². The molecule has 0 atom stereocenters. The average molecular weight is 288 g/mol. The van der Waals surface area contributed by atoms with Crippen molar-refractivity contribution in [2.75, 3.05) is 5.32 Å². The first-order valence-corrected chi connectivity index (χ1v) is 6.90. The fourth-order valence-corrected chi connectivity index (χ4v) is 1.69. The van der Waals surface area contributed by atoms with E-state index >= 15 is 0 Å². The lowest BCUT2D eigenvalue weighted by Gasteiger charge is -2.10.